The molecule has 30 heavy (non-hydrogen) atoms. The van der Waals surface area contributed by atoms with E-state index in [0.717, 1.165) is 55.5 Å². The molecule has 0 unspecified atom stereocenters. The average Bonchev–Trinajstić information content (AvgIpc) is 3.09. The lowest BCUT2D eigenvalue weighted by atomic mass is 10.2. The number of hydrogen-bond donors (Lipinski definition) is 0. The van der Waals surface area contributed by atoms with Gasteiger partial charge in [0, 0.05) is 55.2 Å². The minimum Gasteiger partial charge on any atom is -0.369 e. The van der Waals surface area contributed by atoms with Gasteiger partial charge in [-0.25, -0.2) is 14.1 Å². The summed E-state index contributed by atoms with van der Waals surface area (Å²) < 4.78 is 15.4. The van der Waals surface area contributed by atoms with Gasteiger partial charge < -0.3 is 4.90 Å². The molecule has 0 aliphatic carbocycles. The van der Waals surface area contributed by atoms with E-state index in [0.29, 0.717) is 5.02 Å². The Labute approximate surface area is 187 Å². The Morgan fingerprint density at radius 1 is 1.13 bits per heavy atom. The second kappa shape index (κ2) is 10.1. The molecule has 0 saturated carbocycles. The minimum absolute atomic E-state index is 0. The van der Waals surface area contributed by atoms with E-state index >= 15 is 0 Å². The van der Waals surface area contributed by atoms with Gasteiger partial charge in [-0.3, -0.25) is 4.90 Å². The smallest absolute Gasteiger partial charge is 0.153 e. The molecule has 0 amide bonds. The molecular weight excluding hydrogens is 424 g/mol. The lowest BCUT2D eigenvalue weighted by Gasteiger charge is -2.35. The van der Waals surface area contributed by atoms with Gasteiger partial charge >= 0.3 is 0 Å². The zero-order valence-corrected chi connectivity index (χ0v) is 18.3. The van der Waals surface area contributed by atoms with E-state index in [4.69, 9.17) is 11.6 Å². The Balaban J connectivity index is 0.00000256. The zero-order chi connectivity index (χ0) is 20.2. The number of hydrogen-bond acceptors (Lipinski definition) is 4. The quantitative estimate of drug-likeness (QED) is 0.571. The van der Waals surface area contributed by atoms with Gasteiger partial charge in [0.1, 0.15) is 5.82 Å². The number of pyridine rings is 1. The molecule has 1 aliphatic heterocycles. The van der Waals surface area contributed by atoms with Gasteiger partial charge in [-0.05, 0) is 37.3 Å². The topological polar surface area (TPSA) is 37.2 Å². The van der Waals surface area contributed by atoms with Crippen molar-refractivity contribution in [1.82, 2.24) is 19.7 Å². The summed E-state index contributed by atoms with van der Waals surface area (Å²) in [5.74, 6) is 0.526. The lowest BCUT2D eigenvalue weighted by Crippen LogP contribution is -2.46. The van der Waals surface area contributed by atoms with Crippen LogP contribution in [0, 0.1) is 12.7 Å². The minimum atomic E-state index is -0.292. The van der Waals surface area contributed by atoms with E-state index in [1.165, 1.54) is 6.07 Å². The van der Waals surface area contributed by atoms with Crippen molar-refractivity contribution < 1.29 is 4.39 Å². The fourth-order valence-corrected chi connectivity index (χ4v) is 3.75. The third kappa shape index (κ3) is 5.19. The second-order valence-electron chi connectivity index (χ2n) is 7.10. The van der Waals surface area contributed by atoms with E-state index < -0.39 is 0 Å². The van der Waals surface area contributed by atoms with E-state index in [9.17, 15) is 4.39 Å². The van der Waals surface area contributed by atoms with Crippen molar-refractivity contribution >= 4 is 35.8 Å². The maximum Gasteiger partial charge on any atom is 0.153 e. The fraction of sp³-hybridized carbons (Fsp3) is 0.273. The van der Waals surface area contributed by atoms with Gasteiger partial charge in [0.2, 0.25) is 0 Å². The summed E-state index contributed by atoms with van der Waals surface area (Å²) in [6.07, 6.45) is 7.91. The number of benzene rings is 1. The number of rotatable bonds is 5. The molecule has 0 bridgehead atoms. The highest BCUT2D eigenvalue weighted by molar-refractivity contribution is 6.30. The van der Waals surface area contributed by atoms with Crippen molar-refractivity contribution in [3.05, 3.63) is 77.0 Å². The Kier molecular flexibility index (Phi) is 7.48. The molecule has 0 radical (unpaired) electrons. The molecule has 5 nitrogen and oxygen atoms in total. The Bertz CT molecular complexity index is 978. The normalized spacial score (nSPS) is 14.8. The first-order valence-corrected chi connectivity index (χ1v) is 10.0. The van der Waals surface area contributed by atoms with E-state index in [-0.39, 0.29) is 18.2 Å². The molecular formula is C22H24Cl2FN5. The van der Waals surface area contributed by atoms with Crippen LogP contribution in [0.25, 0.3) is 11.9 Å². The predicted octanol–water partition coefficient (Wildman–Crippen LogP) is 4.63. The average molecular weight is 448 g/mol. The predicted molar refractivity (Wildman–Crippen MR) is 122 cm³/mol. The second-order valence-corrected chi connectivity index (χ2v) is 7.54. The summed E-state index contributed by atoms with van der Waals surface area (Å²) in [4.78, 5) is 8.91. The monoisotopic (exact) mass is 447 g/mol. The van der Waals surface area contributed by atoms with Gasteiger partial charge in [0.05, 0.1) is 11.9 Å². The molecule has 1 fully saturated rings. The fourth-order valence-electron chi connectivity index (χ4n) is 3.54. The molecule has 2 aromatic heterocycles. The molecule has 0 N–H and O–H groups in total. The molecule has 1 saturated heterocycles. The van der Waals surface area contributed by atoms with Crippen LogP contribution < -0.4 is 4.90 Å². The van der Waals surface area contributed by atoms with Crippen LogP contribution >= 0.6 is 24.0 Å². The molecule has 1 aromatic carbocycles. The summed E-state index contributed by atoms with van der Waals surface area (Å²) in [6, 6.07) is 10.5. The lowest BCUT2D eigenvalue weighted by molar-refractivity contribution is 0.284. The van der Waals surface area contributed by atoms with Crippen LogP contribution in [0.2, 0.25) is 5.02 Å². The van der Waals surface area contributed by atoms with Gasteiger partial charge in [0.15, 0.2) is 5.82 Å². The van der Waals surface area contributed by atoms with Crippen LogP contribution in [-0.4, -0.2) is 52.4 Å². The number of anilines is 1. The van der Waals surface area contributed by atoms with Crippen molar-refractivity contribution in [1.29, 1.82) is 0 Å². The van der Waals surface area contributed by atoms with Gasteiger partial charge in [-0.15, -0.1) is 12.4 Å². The van der Waals surface area contributed by atoms with Crippen molar-refractivity contribution in [3.8, 4) is 5.82 Å². The molecule has 0 spiro atoms. The standard InChI is InChI=1S/C22H23ClFN5.ClH/c1-17-18(16-26-29(17)22-6-2-3-7-25-22)5-4-8-27-9-11-28(12-10-27)21-14-19(23)13-20(24)15-21;/h2-7,13-16H,8-12H2,1H3;1H/b5-4+;. The maximum atomic E-state index is 13.6. The first-order valence-electron chi connectivity index (χ1n) is 9.66. The SMILES string of the molecule is Cc1c(/C=C/CN2CCN(c3cc(F)cc(Cl)c3)CC2)cnn1-c1ccccn1.Cl. The summed E-state index contributed by atoms with van der Waals surface area (Å²) in [5.41, 5.74) is 3.00. The molecule has 1 aliphatic rings. The van der Waals surface area contributed by atoms with Crippen LogP contribution in [-0.2, 0) is 0 Å². The Morgan fingerprint density at radius 3 is 2.63 bits per heavy atom. The highest BCUT2D eigenvalue weighted by Gasteiger charge is 2.17. The maximum absolute atomic E-state index is 13.6. The number of nitrogens with zero attached hydrogens (tertiary/aromatic N) is 5. The van der Waals surface area contributed by atoms with Crippen LogP contribution in [0.4, 0.5) is 10.1 Å². The molecule has 158 valence electrons. The number of piperazine rings is 1. The van der Waals surface area contributed by atoms with Gasteiger partial charge in [-0.1, -0.05) is 29.8 Å². The highest BCUT2D eigenvalue weighted by atomic mass is 35.5. The molecule has 4 rings (SSSR count). The first kappa shape index (κ1) is 22.3. The molecule has 8 heteroatoms. The van der Waals surface area contributed by atoms with Crippen molar-refractivity contribution in [3.63, 3.8) is 0 Å². The van der Waals surface area contributed by atoms with Crippen molar-refractivity contribution in [2.75, 3.05) is 37.6 Å². The van der Waals surface area contributed by atoms with E-state index in [1.54, 1.807) is 12.3 Å². The van der Waals surface area contributed by atoms with Crippen LogP contribution in [0.15, 0.2) is 54.9 Å². The summed E-state index contributed by atoms with van der Waals surface area (Å²) in [5, 5.41) is 4.89. The third-order valence-electron chi connectivity index (χ3n) is 5.16. The van der Waals surface area contributed by atoms with E-state index in [1.807, 2.05) is 42.1 Å². The van der Waals surface area contributed by atoms with Crippen molar-refractivity contribution in [2.24, 2.45) is 0 Å². The van der Waals surface area contributed by atoms with Crippen LogP contribution in [0.5, 0.6) is 0 Å². The van der Waals surface area contributed by atoms with Crippen LogP contribution in [0.3, 0.4) is 0 Å². The number of halogens is 3. The van der Waals surface area contributed by atoms with Crippen molar-refractivity contribution in [2.45, 2.75) is 6.92 Å². The largest absolute Gasteiger partial charge is 0.369 e. The Morgan fingerprint density at radius 2 is 1.93 bits per heavy atom. The highest BCUT2D eigenvalue weighted by Crippen LogP contribution is 2.23. The third-order valence-corrected chi connectivity index (χ3v) is 5.38. The Hall–Kier alpha value is -2.41. The summed E-state index contributed by atoms with van der Waals surface area (Å²) in [6.45, 7) is 6.46. The first-order chi connectivity index (χ1) is 14.1. The summed E-state index contributed by atoms with van der Waals surface area (Å²) >= 11 is 5.98. The summed E-state index contributed by atoms with van der Waals surface area (Å²) in [7, 11) is 0. The van der Waals surface area contributed by atoms with Gasteiger partial charge in [-0.2, -0.15) is 5.10 Å². The van der Waals surface area contributed by atoms with Crippen LogP contribution in [0.1, 0.15) is 11.3 Å². The van der Waals surface area contributed by atoms with E-state index in [2.05, 4.69) is 32.0 Å². The zero-order valence-electron chi connectivity index (χ0n) is 16.7. The van der Waals surface area contributed by atoms with Gasteiger partial charge in [0.25, 0.3) is 0 Å². The molecule has 3 aromatic rings. The molecule has 0 atom stereocenters. The molecule has 3 heterocycles. The number of aromatic nitrogens is 3.